The summed E-state index contributed by atoms with van der Waals surface area (Å²) in [5, 5.41) is 8.76. The van der Waals surface area contributed by atoms with Gasteiger partial charge in [0.2, 0.25) is 0 Å². The van der Waals surface area contributed by atoms with Crippen LogP contribution in [0.5, 0.6) is 0 Å². The Hall–Kier alpha value is -1.84. The maximum absolute atomic E-state index is 11.7. The SMILES string of the molecule is CC/C=C\C/C=C\C/C=C\CCCCCCCCCC(=O)OC(CC)CC(=O)O. The van der Waals surface area contributed by atoms with Gasteiger partial charge in [-0.1, -0.05) is 82.4 Å². The van der Waals surface area contributed by atoms with Crippen molar-refractivity contribution in [1.82, 2.24) is 0 Å². The van der Waals surface area contributed by atoms with E-state index in [0.29, 0.717) is 12.8 Å². The van der Waals surface area contributed by atoms with Crippen LogP contribution < -0.4 is 0 Å². The number of carboxylic acids is 1. The van der Waals surface area contributed by atoms with Crippen LogP contribution in [0.2, 0.25) is 0 Å². The van der Waals surface area contributed by atoms with Crippen LogP contribution in [0.25, 0.3) is 0 Å². The molecule has 0 rings (SSSR count). The second-order valence-corrected chi connectivity index (χ2v) is 7.43. The Bertz CT molecular complexity index is 491. The molecule has 4 nitrogen and oxygen atoms in total. The third-order valence-electron chi connectivity index (χ3n) is 4.69. The molecule has 0 saturated heterocycles. The molecule has 1 atom stereocenters. The van der Waals surface area contributed by atoms with Crippen LogP contribution in [-0.4, -0.2) is 23.1 Å². The molecule has 29 heavy (non-hydrogen) atoms. The molecule has 0 radical (unpaired) electrons. The summed E-state index contributed by atoms with van der Waals surface area (Å²) < 4.78 is 5.21. The minimum absolute atomic E-state index is 0.106. The minimum atomic E-state index is -0.924. The van der Waals surface area contributed by atoms with Crippen LogP contribution in [0, 0.1) is 0 Å². The van der Waals surface area contributed by atoms with E-state index in [1.807, 2.05) is 6.92 Å². The molecule has 4 heteroatoms. The number of unbranched alkanes of at least 4 members (excludes halogenated alkanes) is 7. The number of aliphatic carboxylic acids is 1. The fraction of sp³-hybridized carbons (Fsp3) is 0.680. The molecule has 0 aliphatic heterocycles. The molecule has 0 aromatic heterocycles. The van der Waals surface area contributed by atoms with Crippen LogP contribution in [0.3, 0.4) is 0 Å². The first-order valence-corrected chi connectivity index (χ1v) is 11.5. The highest BCUT2D eigenvalue weighted by Crippen LogP contribution is 2.12. The van der Waals surface area contributed by atoms with E-state index >= 15 is 0 Å². The van der Waals surface area contributed by atoms with Gasteiger partial charge in [0.15, 0.2) is 0 Å². The summed E-state index contributed by atoms with van der Waals surface area (Å²) in [6, 6.07) is 0. The molecule has 0 heterocycles. The Morgan fingerprint density at radius 2 is 1.34 bits per heavy atom. The van der Waals surface area contributed by atoms with Crippen molar-refractivity contribution < 1.29 is 19.4 Å². The van der Waals surface area contributed by atoms with Gasteiger partial charge in [-0.3, -0.25) is 9.59 Å². The van der Waals surface area contributed by atoms with Crippen LogP contribution in [0.4, 0.5) is 0 Å². The predicted octanol–water partition coefficient (Wildman–Crippen LogP) is 7.15. The first-order valence-electron chi connectivity index (χ1n) is 11.5. The second-order valence-electron chi connectivity index (χ2n) is 7.43. The first kappa shape index (κ1) is 27.2. The maximum Gasteiger partial charge on any atom is 0.307 e. The van der Waals surface area contributed by atoms with E-state index in [-0.39, 0.29) is 12.4 Å². The van der Waals surface area contributed by atoms with Gasteiger partial charge < -0.3 is 9.84 Å². The summed E-state index contributed by atoms with van der Waals surface area (Å²) in [4.78, 5) is 22.4. The number of esters is 1. The molecule has 0 amide bonds. The van der Waals surface area contributed by atoms with Gasteiger partial charge in [0.25, 0.3) is 0 Å². The van der Waals surface area contributed by atoms with Gasteiger partial charge in [-0.2, -0.15) is 0 Å². The molecule has 1 N–H and O–H groups in total. The Morgan fingerprint density at radius 1 is 0.793 bits per heavy atom. The number of hydrogen-bond acceptors (Lipinski definition) is 3. The van der Waals surface area contributed by atoms with Crippen molar-refractivity contribution in [2.45, 2.75) is 110 Å². The van der Waals surface area contributed by atoms with Crippen LogP contribution >= 0.6 is 0 Å². The smallest absolute Gasteiger partial charge is 0.307 e. The van der Waals surface area contributed by atoms with Crippen molar-refractivity contribution >= 4 is 11.9 Å². The number of hydrogen-bond donors (Lipinski definition) is 1. The van der Waals surface area contributed by atoms with Gasteiger partial charge in [-0.05, 0) is 44.9 Å². The molecule has 0 aliphatic rings. The number of allylic oxidation sites excluding steroid dienone is 6. The number of carboxylic acid groups (broad SMARTS) is 1. The number of rotatable bonds is 19. The van der Waals surface area contributed by atoms with Crippen molar-refractivity contribution in [1.29, 1.82) is 0 Å². The largest absolute Gasteiger partial charge is 0.481 e. The molecular formula is C25H42O4. The van der Waals surface area contributed by atoms with Gasteiger partial charge in [0.05, 0.1) is 6.42 Å². The van der Waals surface area contributed by atoms with Gasteiger partial charge in [0, 0.05) is 6.42 Å². The van der Waals surface area contributed by atoms with Crippen molar-refractivity contribution in [2.24, 2.45) is 0 Å². The maximum atomic E-state index is 11.7. The molecule has 0 aromatic carbocycles. The normalized spacial score (nSPS) is 12.9. The zero-order chi connectivity index (χ0) is 21.6. The third kappa shape index (κ3) is 20.7. The summed E-state index contributed by atoms with van der Waals surface area (Å²) in [7, 11) is 0. The van der Waals surface area contributed by atoms with Crippen molar-refractivity contribution in [3.8, 4) is 0 Å². The lowest BCUT2D eigenvalue weighted by molar-refractivity contribution is -0.153. The average Bonchev–Trinajstić information content (AvgIpc) is 2.69. The predicted molar refractivity (Wildman–Crippen MR) is 121 cm³/mol. The van der Waals surface area contributed by atoms with E-state index in [0.717, 1.165) is 44.9 Å². The molecular weight excluding hydrogens is 364 g/mol. The summed E-state index contributed by atoms with van der Waals surface area (Å²) in [6.07, 6.45) is 26.0. The zero-order valence-corrected chi connectivity index (χ0v) is 18.6. The number of carbonyl (C=O) groups excluding carboxylic acids is 1. The summed E-state index contributed by atoms with van der Waals surface area (Å²) in [5.74, 6) is -1.19. The van der Waals surface area contributed by atoms with E-state index in [2.05, 4.69) is 43.4 Å². The fourth-order valence-corrected chi connectivity index (χ4v) is 2.95. The molecule has 0 aliphatic carbocycles. The molecule has 0 spiro atoms. The van der Waals surface area contributed by atoms with E-state index in [9.17, 15) is 9.59 Å². The Kier molecular flexibility index (Phi) is 19.6. The average molecular weight is 407 g/mol. The molecule has 0 bridgehead atoms. The molecule has 166 valence electrons. The Balaban J connectivity index is 3.44. The van der Waals surface area contributed by atoms with E-state index in [1.165, 1.54) is 25.7 Å². The molecule has 0 fully saturated rings. The second kappa shape index (κ2) is 20.9. The summed E-state index contributed by atoms with van der Waals surface area (Å²) in [6.45, 7) is 3.98. The molecule has 0 saturated carbocycles. The quantitative estimate of drug-likeness (QED) is 0.140. The van der Waals surface area contributed by atoms with Crippen molar-refractivity contribution in [2.75, 3.05) is 0 Å². The van der Waals surface area contributed by atoms with E-state index in [4.69, 9.17) is 9.84 Å². The topological polar surface area (TPSA) is 63.6 Å². The highest BCUT2D eigenvalue weighted by molar-refractivity contribution is 5.71. The number of carbonyl (C=O) groups is 2. The van der Waals surface area contributed by atoms with Crippen LogP contribution in [0.1, 0.15) is 104 Å². The Labute approximate surface area is 178 Å². The highest BCUT2D eigenvalue weighted by Gasteiger charge is 2.15. The van der Waals surface area contributed by atoms with E-state index < -0.39 is 12.1 Å². The van der Waals surface area contributed by atoms with Crippen LogP contribution in [-0.2, 0) is 14.3 Å². The fourth-order valence-electron chi connectivity index (χ4n) is 2.95. The lowest BCUT2D eigenvalue weighted by Gasteiger charge is -2.13. The van der Waals surface area contributed by atoms with Crippen molar-refractivity contribution in [3.05, 3.63) is 36.5 Å². The van der Waals surface area contributed by atoms with Gasteiger partial charge in [-0.25, -0.2) is 0 Å². The van der Waals surface area contributed by atoms with Gasteiger partial charge >= 0.3 is 11.9 Å². The highest BCUT2D eigenvalue weighted by atomic mass is 16.5. The van der Waals surface area contributed by atoms with Crippen molar-refractivity contribution in [3.63, 3.8) is 0 Å². The van der Waals surface area contributed by atoms with Crippen LogP contribution in [0.15, 0.2) is 36.5 Å². The monoisotopic (exact) mass is 406 g/mol. The number of ether oxygens (including phenoxy) is 1. The zero-order valence-electron chi connectivity index (χ0n) is 18.6. The lowest BCUT2D eigenvalue weighted by Crippen LogP contribution is -2.20. The standard InChI is InChI=1S/C25H42O4/c1-3-5-6-7-8-9-10-11-12-13-14-15-16-17-18-19-20-21-25(28)29-23(4-2)22-24(26)27/h5-6,8-9,11-12,23H,3-4,7,10,13-22H2,1-2H3,(H,26,27)/b6-5-,9-8-,12-11-. The van der Waals surface area contributed by atoms with E-state index in [1.54, 1.807) is 0 Å². The Morgan fingerprint density at radius 3 is 1.93 bits per heavy atom. The summed E-state index contributed by atoms with van der Waals surface area (Å²) in [5.41, 5.74) is 0. The van der Waals surface area contributed by atoms with Gasteiger partial charge in [0.1, 0.15) is 6.10 Å². The first-order chi connectivity index (χ1) is 14.1. The summed E-state index contributed by atoms with van der Waals surface area (Å²) >= 11 is 0. The minimum Gasteiger partial charge on any atom is -0.481 e. The van der Waals surface area contributed by atoms with Gasteiger partial charge in [-0.15, -0.1) is 0 Å². The molecule has 1 unspecified atom stereocenters. The lowest BCUT2D eigenvalue weighted by atomic mass is 10.1. The third-order valence-corrected chi connectivity index (χ3v) is 4.69. The molecule has 0 aromatic rings.